The van der Waals surface area contributed by atoms with E-state index in [9.17, 15) is 0 Å². The van der Waals surface area contributed by atoms with Crippen molar-refractivity contribution in [3.63, 3.8) is 0 Å². The molecule has 1 nitrogen and oxygen atoms in total. The van der Waals surface area contributed by atoms with E-state index in [-0.39, 0.29) is 0 Å². The van der Waals surface area contributed by atoms with E-state index in [1.165, 1.54) is 16.3 Å². The molecule has 0 atom stereocenters. The zero-order valence-electron chi connectivity index (χ0n) is 10.3. The summed E-state index contributed by atoms with van der Waals surface area (Å²) in [5.74, 6) is 0. The fraction of sp³-hybridized carbons (Fsp3) is 0.188. The first-order valence-electron chi connectivity index (χ1n) is 6.26. The highest BCUT2D eigenvalue weighted by atomic mass is 35.5. The lowest BCUT2D eigenvalue weighted by molar-refractivity contribution is 0.936. The standard InChI is InChI=1S/C16H14ClN/c1-2-5-12-13-6-3-4-7-15(13)18-16-9-8-11(17)10-14(12)16/h3-4,6-10H,2,5H2,1H3. The zero-order chi connectivity index (χ0) is 12.5. The minimum atomic E-state index is 0.775. The molecule has 0 saturated heterocycles. The largest absolute Gasteiger partial charge is 0.248 e. The van der Waals surface area contributed by atoms with E-state index in [1.54, 1.807) is 0 Å². The van der Waals surface area contributed by atoms with Crippen molar-refractivity contribution in [2.24, 2.45) is 0 Å². The maximum Gasteiger partial charge on any atom is 0.0713 e. The molecule has 0 spiro atoms. The number of hydrogen-bond donors (Lipinski definition) is 0. The van der Waals surface area contributed by atoms with Crippen LogP contribution in [0.15, 0.2) is 42.5 Å². The molecule has 1 aromatic heterocycles. The lowest BCUT2D eigenvalue weighted by Gasteiger charge is -2.10. The molecule has 3 rings (SSSR count). The average Bonchev–Trinajstić information content (AvgIpc) is 2.39. The molecule has 0 unspecified atom stereocenters. The van der Waals surface area contributed by atoms with Gasteiger partial charge in [-0.1, -0.05) is 43.1 Å². The Bertz CT molecular complexity index is 719. The molecule has 90 valence electrons. The van der Waals surface area contributed by atoms with Crippen LogP contribution < -0.4 is 0 Å². The minimum Gasteiger partial charge on any atom is -0.248 e. The summed E-state index contributed by atoms with van der Waals surface area (Å²) in [6.07, 6.45) is 2.18. The van der Waals surface area contributed by atoms with Crippen LogP contribution in [0.2, 0.25) is 5.02 Å². The number of halogens is 1. The van der Waals surface area contributed by atoms with Gasteiger partial charge in [0.2, 0.25) is 0 Å². The SMILES string of the molecule is CCCc1c2ccccc2nc2ccc(Cl)cc12. The molecule has 0 aliphatic rings. The molecular weight excluding hydrogens is 242 g/mol. The quantitative estimate of drug-likeness (QED) is 0.588. The van der Waals surface area contributed by atoms with Gasteiger partial charge in [0.15, 0.2) is 0 Å². The third-order valence-electron chi connectivity index (χ3n) is 3.25. The van der Waals surface area contributed by atoms with Crippen molar-refractivity contribution in [3.05, 3.63) is 53.1 Å². The highest BCUT2D eigenvalue weighted by molar-refractivity contribution is 6.31. The number of pyridine rings is 1. The van der Waals surface area contributed by atoms with Gasteiger partial charge in [-0.2, -0.15) is 0 Å². The first-order chi connectivity index (χ1) is 8.79. The Morgan fingerprint density at radius 1 is 1.00 bits per heavy atom. The Kier molecular flexibility index (Phi) is 2.92. The van der Waals surface area contributed by atoms with E-state index in [0.717, 1.165) is 28.9 Å². The fourth-order valence-corrected chi connectivity index (χ4v) is 2.64. The second kappa shape index (κ2) is 4.58. The number of nitrogens with zero attached hydrogens (tertiary/aromatic N) is 1. The van der Waals surface area contributed by atoms with Crippen LogP contribution >= 0.6 is 11.6 Å². The summed E-state index contributed by atoms with van der Waals surface area (Å²) in [5.41, 5.74) is 3.46. The molecular formula is C16H14ClN. The fourth-order valence-electron chi connectivity index (χ4n) is 2.47. The smallest absolute Gasteiger partial charge is 0.0713 e. The van der Waals surface area contributed by atoms with E-state index in [2.05, 4.69) is 25.1 Å². The van der Waals surface area contributed by atoms with E-state index < -0.39 is 0 Å². The average molecular weight is 256 g/mol. The maximum absolute atomic E-state index is 6.11. The van der Waals surface area contributed by atoms with Crippen molar-refractivity contribution in [1.82, 2.24) is 4.98 Å². The summed E-state index contributed by atoms with van der Waals surface area (Å²) in [5, 5.41) is 3.20. The van der Waals surface area contributed by atoms with Crippen LogP contribution in [0.25, 0.3) is 21.8 Å². The molecule has 0 fully saturated rings. The van der Waals surface area contributed by atoms with Crippen LogP contribution in [0.5, 0.6) is 0 Å². The van der Waals surface area contributed by atoms with Gasteiger partial charge in [-0.3, -0.25) is 0 Å². The highest BCUT2D eigenvalue weighted by Crippen LogP contribution is 2.28. The second-order valence-corrected chi connectivity index (χ2v) is 4.96. The Hall–Kier alpha value is -1.60. The van der Waals surface area contributed by atoms with Gasteiger partial charge < -0.3 is 0 Å². The Morgan fingerprint density at radius 2 is 1.78 bits per heavy atom. The van der Waals surface area contributed by atoms with E-state index in [4.69, 9.17) is 16.6 Å². The molecule has 0 amide bonds. The summed E-state index contributed by atoms with van der Waals surface area (Å²) < 4.78 is 0. The monoisotopic (exact) mass is 255 g/mol. The third-order valence-corrected chi connectivity index (χ3v) is 3.49. The van der Waals surface area contributed by atoms with Crippen LogP contribution in [0.3, 0.4) is 0 Å². The molecule has 0 radical (unpaired) electrons. The normalized spacial score (nSPS) is 11.2. The first-order valence-corrected chi connectivity index (χ1v) is 6.64. The Morgan fingerprint density at radius 3 is 2.61 bits per heavy atom. The van der Waals surface area contributed by atoms with Crippen LogP contribution in [0.1, 0.15) is 18.9 Å². The van der Waals surface area contributed by atoms with Crippen LogP contribution in [-0.2, 0) is 6.42 Å². The van der Waals surface area contributed by atoms with Gasteiger partial charge in [-0.15, -0.1) is 0 Å². The van der Waals surface area contributed by atoms with E-state index in [1.807, 2.05) is 24.3 Å². The Labute approximate surface area is 111 Å². The molecule has 0 aliphatic heterocycles. The summed E-state index contributed by atoms with van der Waals surface area (Å²) in [4.78, 5) is 4.70. The summed E-state index contributed by atoms with van der Waals surface area (Å²) in [7, 11) is 0. The van der Waals surface area contributed by atoms with E-state index in [0.29, 0.717) is 0 Å². The molecule has 0 aliphatic carbocycles. The van der Waals surface area contributed by atoms with Gasteiger partial charge in [0.25, 0.3) is 0 Å². The topological polar surface area (TPSA) is 12.9 Å². The van der Waals surface area contributed by atoms with Gasteiger partial charge in [-0.05, 0) is 36.2 Å². The lowest BCUT2D eigenvalue weighted by atomic mass is 9.99. The predicted molar refractivity (Wildman–Crippen MR) is 78.3 cm³/mol. The second-order valence-electron chi connectivity index (χ2n) is 4.52. The molecule has 0 N–H and O–H groups in total. The number of aryl methyl sites for hydroxylation is 1. The van der Waals surface area contributed by atoms with Gasteiger partial charge in [0, 0.05) is 15.8 Å². The highest BCUT2D eigenvalue weighted by Gasteiger charge is 2.08. The predicted octanol–water partition coefficient (Wildman–Crippen LogP) is 4.99. The molecule has 3 aromatic rings. The molecule has 2 heteroatoms. The summed E-state index contributed by atoms with van der Waals surface area (Å²) in [6, 6.07) is 14.3. The third kappa shape index (κ3) is 1.85. The van der Waals surface area contributed by atoms with Gasteiger partial charge >= 0.3 is 0 Å². The minimum absolute atomic E-state index is 0.775. The number of rotatable bonds is 2. The van der Waals surface area contributed by atoms with Crippen LogP contribution in [0.4, 0.5) is 0 Å². The van der Waals surface area contributed by atoms with Crippen molar-refractivity contribution in [1.29, 1.82) is 0 Å². The molecule has 2 aromatic carbocycles. The molecule has 1 heterocycles. The molecule has 18 heavy (non-hydrogen) atoms. The number of aromatic nitrogens is 1. The number of benzene rings is 2. The van der Waals surface area contributed by atoms with E-state index >= 15 is 0 Å². The number of para-hydroxylation sites is 1. The van der Waals surface area contributed by atoms with Crippen LogP contribution in [-0.4, -0.2) is 4.98 Å². The Balaban J connectivity index is 2.46. The molecule has 0 bridgehead atoms. The van der Waals surface area contributed by atoms with Crippen LogP contribution in [0, 0.1) is 0 Å². The van der Waals surface area contributed by atoms with Gasteiger partial charge in [0.1, 0.15) is 0 Å². The lowest BCUT2D eigenvalue weighted by Crippen LogP contribution is -1.92. The van der Waals surface area contributed by atoms with Crippen molar-refractivity contribution >= 4 is 33.4 Å². The summed E-state index contributed by atoms with van der Waals surface area (Å²) >= 11 is 6.11. The number of hydrogen-bond acceptors (Lipinski definition) is 1. The zero-order valence-corrected chi connectivity index (χ0v) is 11.0. The van der Waals surface area contributed by atoms with Crippen molar-refractivity contribution in [2.45, 2.75) is 19.8 Å². The number of fused-ring (bicyclic) bond motifs is 2. The van der Waals surface area contributed by atoms with Crippen molar-refractivity contribution < 1.29 is 0 Å². The van der Waals surface area contributed by atoms with Gasteiger partial charge in [0.05, 0.1) is 11.0 Å². The van der Waals surface area contributed by atoms with Crippen molar-refractivity contribution in [3.8, 4) is 0 Å². The molecule has 0 saturated carbocycles. The first kappa shape index (κ1) is 11.5. The van der Waals surface area contributed by atoms with Gasteiger partial charge in [-0.25, -0.2) is 4.98 Å². The van der Waals surface area contributed by atoms with Crippen molar-refractivity contribution in [2.75, 3.05) is 0 Å². The maximum atomic E-state index is 6.11. The summed E-state index contributed by atoms with van der Waals surface area (Å²) in [6.45, 7) is 2.20.